The molecule has 94 valence electrons. The zero-order valence-electron chi connectivity index (χ0n) is 9.98. The van der Waals surface area contributed by atoms with Gasteiger partial charge in [0.05, 0.1) is 11.5 Å². The molecule has 2 fully saturated rings. The second-order valence-corrected chi connectivity index (χ2v) is 7.35. The smallest absolute Gasteiger partial charge is 0.151 e. The first-order valence-corrected chi connectivity index (χ1v) is 8.02. The van der Waals surface area contributed by atoms with Crippen molar-refractivity contribution >= 4 is 9.84 Å². The molecule has 0 radical (unpaired) electrons. The molecule has 2 saturated heterocycles. The number of nitrogens with one attached hydrogen (secondary N) is 1. The molecule has 2 atom stereocenters. The molecule has 0 aromatic rings. The number of sulfone groups is 1. The number of likely N-dealkylation sites (tertiary alicyclic amines) is 1. The standard InChI is InChI=1S/C11H22N2O2S/c1-12-7-10-3-2-5-13(8-10)11-4-6-16(14,15)9-11/h10-12H,2-9H2,1H3. The van der Waals surface area contributed by atoms with E-state index in [2.05, 4.69) is 10.2 Å². The molecule has 2 rings (SSSR count). The zero-order valence-corrected chi connectivity index (χ0v) is 10.8. The minimum atomic E-state index is -2.73. The van der Waals surface area contributed by atoms with Gasteiger partial charge in [0.25, 0.3) is 0 Å². The molecule has 0 aliphatic carbocycles. The summed E-state index contributed by atoms with van der Waals surface area (Å²) in [6, 6.07) is 0.296. The third kappa shape index (κ3) is 2.96. The van der Waals surface area contributed by atoms with E-state index < -0.39 is 9.84 Å². The minimum absolute atomic E-state index is 0.296. The Balaban J connectivity index is 1.90. The highest BCUT2D eigenvalue weighted by molar-refractivity contribution is 7.91. The molecule has 2 aliphatic rings. The first-order valence-electron chi connectivity index (χ1n) is 6.20. The Morgan fingerprint density at radius 2 is 2.19 bits per heavy atom. The van der Waals surface area contributed by atoms with Crippen molar-refractivity contribution in [3.63, 3.8) is 0 Å². The quantitative estimate of drug-likeness (QED) is 0.767. The topological polar surface area (TPSA) is 49.4 Å². The van der Waals surface area contributed by atoms with Crippen molar-refractivity contribution in [3.05, 3.63) is 0 Å². The van der Waals surface area contributed by atoms with Crippen LogP contribution in [0.5, 0.6) is 0 Å². The van der Waals surface area contributed by atoms with Crippen LogP contribution in [0.4, 0.5) is 0 Å². The van der Waals surface area contributed by atoms with Gasteiger partial charge in [-0.15, -0.1) is 0 Å². The number of piperidine rings is 1. The van der Waals surface area contributed by atoms with Crippen LogP contribution in [0, 0.1) is 5.92 Å². The Kier molecular flexibility index (Phi) is 3.87. The van der Waals surface area contributed by atoms with E-state index in [-0.39, 0.29) is 0 Å². The SMILES string of the molecule is CNCC1CCCN(C2CCS(=O)(=O)C2)C1. The van der Waals surface area contributed by atoms with Gasteiger partial charge in [-0.1, -0.05) is 0 Å². The van der Waals surface area contributed by atoms with Gasteiger partial charge in [0.15, 0.2) is 9.84 Å². The highest BCUT2D eigenvalue weighted by Crippen LogP contribution is 2.23. The van der Waals surface area contributed by atoms with Gasteiger partial charge in [-0.3, -0.25) is 4.90 Å². The van der Waals surface area contributed by atoms with Gasteiger partial charge in [-0.05, 0) is 45.3 Å². The summed E-state index contributed by atoms with van der Waals surface area (Å²) in [5.74, 6) is 1.48. The third-order valence-electron chi connectivity index (χ3n) is 3.77. The van der Waals surface area contributed by atoms with Crippen LogP contribution in [-0.2, 0) is 9.84 Å². The van der Waals surface area contributed by atoms with E-state index in [0.29, 0.717) is 23.5 Å². The molecule has 0 amide bonds. The first kappa shape index (κ1) is 12.3. The summed E-state index contributed by atoms with van der Waals surface area (Å²) in [5, 5.41) is 3.22. The molecule has 16 heavy (non-hydrogen) atoms. The number of rotatable bonds is 3. The van der Waals surface area contributed by atoms with Gasteiger partial charge in [0.1, 0.15) is 0 Å². The van der Waals surface area contributed by atoms with Crippen LogP contribution in [0.3, 0.4) is 0 Å². The Hall–Kier alpha value is -0.130. The van der Waals surface area contributed by atoms with Gasteiger partial charge in [0, 0.05) is 12.6 Å². The normalized spacial score (nSPS) is 35.3. The van der Waals surface area contributed by atoms with Gasteiger partial charge < -0.3 is 5.32 Å². The molecule has 2 unspecified atom stereocenters. The molecule has 2 aliphatic heterocycles. The summed E-state index contributed by atoms with van der Waals surface area (Å²) in [5.41, 5.74) is 0. The second kappa shape index (κ2) is 5.02. The highest BCUT2D eigenvalue weighted by atomic mass is 32.2. The number of hydrogen-bond donors (Lipinski definition) is 1. The maximum absolute atomic E-state index is 11.5. The van der Waals surface area contributed by atoms with Gasteiger partial charge in [0.2, 0.25) is 0 Å². The second-order valence-electron chi connectivity index (χ2n) is 5.12. The predicted molar refractivity (Wildman–Crippen MR) is 65.3 cm³/mol. The molecular weight excluding hydrogens is 224 g/mol. The van der Waals surface area contributed by atoms with Crippen LogP contribution in [0.2, 0.25) is 0 Å². The highest BCUT2D eigenvalue weighted by Gasteiger charge is 2.34. The number of nitrogens with zero attached hydrogens (tertiary/aromatic N) is 1. The predicted octanol–water partition coefficient (Wildman–Crippen LogP) is 0.105. The fraction of sp³-hybridized carbons (Fsp3) is 1.00. The fourth-order valence-electron chi connectivity index (χ4n) is 2.95. The summed E-state index contributed by atoms with van der Waals surface area (Å²) >= 11 is 0. The van der Waals surface area contributed by atoms with Crippen molar-refractivity contribution < 1.29 is 8.42 Å². The van der Waals surface area contributed by atoms with E-state index in [9.17, 15) is 8.42 Å². The van der Waals surface area contributed by atoms with Crippen LogP contribution < -0.4 is 5.32 Å². The molecule has 0 bridgehead atoms. The fourth-order valence-corrected chi connectivity index (χ4v) is 4.71. The first-order chi connectivity index (χ1) is 7.61. The largest absolute Gasteiger partial charge is 0.319 e. The van der Waals surface area contributed by atoms with Gasteiger partial charge >= 0.3 is 0 Å². The molecular formula is C11H22N2O2S. The van der Waals surface area contributed by atoms with Crippen LogP contribution >= 0.6 is 0 Å². The van der Waals surface area contributed by atoms with Crippen LogP contribution in [0.15, 0.2) is 0 Å². The monoisotopic (exact) mass is 246 g/mol. The van der Waals surface area contributed by atoms with Crippen LogP contribution in [0.25, 0.3) is 0 Å². The Morgan fingerprint density at radius 1 is 1.38 bits per heavy atom. The van der Waals surface area contributed by atoms with E-state index in [1.807, 2.05) is 7.05 Å². The summed E-state index contributed by atoms with van der Waals surface area (Å²) in [6.45, 7) is 3.21. The molecule has 0 aromatic heterocycles. The third-order valence-corrected chi connectivity index (χ3v) is 5.52. The lowest BCUT2D eigenvalue weighted by molar-refractivity contribution is 0.134. The van der Waals surface area contributed by atoms with E-state index in [1.165, 1.54) is 12.8 Å². The average Bonchev–Trinajstić information content (AvgIpc) is 2.60. The maximum atomic E-state index is 11.5. The van der Waals surface area contributed by atoms with Crippen molar-refractivity contribution in [3.8, 4) is 0 Å². The van der Waals surface area contributed by atoms with Gasteiger partial charge in [-0.2, -0.15) is 0 Å². The Morgan fingerprint density at radius 3 is 2.81 bits per heavy atom. The van der Waals surface area contributed by atoms with Crippen LogP contribution in [-0.4, -0.2) is 57.5 Å². The molecule has 2 heterocycles. The van der Waals surface area contributed by atoms with Crippen molar-refractivity contribution in [2.24, 2.45) is 5.92 Å². The summed E-state index contributed by atoms with van der Waals surface area (Å²) in [6.07, 6.45) is 3.33. The summed E-state index contributed by atoms with van der Waals surface area (Å²) < 4.78 is 22.9. The lowest BCUT2D eigenvalue weighted by Gasteiger charge is -2.36. The van der Waals surface area contributed by atoms with Crippen molar-refractivity contribution in [2.75, 3.05) is 38.2 Å². The molecule has 0 aromatic carbocycles. The van der Waals surface area contributed by atoms with E-state index >= 15 is 0 Å². The average molecular weight is 246 g/mol. The Labute approximate surface area is 98.3 Å². The number of hydrogen-bond acceptors (Lipinski definition) is 4. The van der Waals surface area contributed by atoms with Crippen molar-refractivity contribution in [2.45, 2.75) is 25.3 Å². The van der Waals surface area contributed by atoms with Crippen molar-refractivity contribution in [1.29, 1.82) is 0 Å². The van der Waals surface area contributed by atoms with Crippen molar-refractivity contribution in [1.82, 2.24) is 10.2 Å². The minimum Gasteiger partial charge on any atom is -0.319 e. The van der Waals surface area contributed by atoms with Crippen LogP contribution in [0.1, 0.15) is 19.3 Å². The van der Waals surface area contributed by atoms with E-state index in [1.54, 1.807) is 0 Å². The molecule has 0 spiro atoms. The molecule has 1 N–H and O–H groups in total. The summed E-state index contributed by atoms with van der Waals surface area (Å²) in [4.78, 5) is 2.40. The van der Waals surface area contributed by atoms with E-state index in [0.717, 1.165) is 26.1 Å². The molecule has 4 nitrogen and oxygen atoms in total. The Bertz CT molecular complexity index is 327. The van der Waals surface area contributed by atoms with E-state index in [4.69, 9.17) is 0 Å². The summed E-state index contributed by atoms with van der Waals surface area (Å²) in [7, 11) is -0.747. The van der Waals surface area contributed by atoms with Gasteiger partial charge in [-0.25, -0.2) is 8.42 Å². The lowest BCUT2D eigenvalue weighted by atomic mass is 9.96. The molecule has 5 heteroatoms. The maximum Gasteiger partial charge on any atom is 0.151 e. The molecule has 0 saturated carbocycles. The lowest BCUT2D eigenvalue weighted by Crippen LogP contribution is -2.45. The zero-order chi connectivity index (χ0) is 11.6.